The maximum absolute atomic E-state index is 12.8. The van der Waals surface area contributed by atoms with Crippen molar-refractivity contribution in [2.75, 3.05) is 11.9 Å². The molecule has 0 saturated heterocycles. The first-order chi connectivity index (χ1) is 12.1. The zero-order valence-corrected chi connectivity index (χ0v) is 13.4. The normalized spacial score (nSPS) is 16.0. The van der Waals surface area contributed by atoms with Crippen LogP contribution in [0.5, 0.6) is 5.75 Å². The lowest BCUT2D eigenvalue weighted by molar-refractivity contribution is 0.215. The van der Waals surface area contributed by atoms with E-state index in [2.05, 4.69) is 10.3 Å². The smallest absolute Gasteiger partial charge is 0.417 e. The van der Waals surface area contributed by atoms with Gasteiger partial charge in [0.1, 0.15) is 18.2 Å². The number of benzene rings is 2. The average molecular weight is 343 g/mol. The Morgan fingerprint density at radius 3 is 2.60 bits per heavy atom. The highest BCUT2D eigenvalue weighted by molar-refractivity contribution is 5.86. The molecule has 0 spiro atoms. The number of rotatable bonds is 5. The van der Waals surface area contributed by atoms with Gasteiger partial charge < -0.3 is 15.2 Å². The van der Waals surface area contributed by atoms with Crippen molar-refractivity contribution in [1.29, 1.82) is 0 Å². The number of halogens is 1. The van der Waals surface area contributed by atoms with Crippen LogP contribution in [0.25, 0.3) is 0 Å². The van der Waals surface area contributed by atoms with E-state index in [1.807, 2.05) is 12.1 Å². The van der Waals surface area contributed by atoms with E-state index in [-0.39, 0.29) is 23.6 Å². The van der Waals surface area contributed by atoms with Crippen molar-refractivity contribution in [2.45, 2.75) is 18.9 Å². The monoisotopic (exact) mass is 343 g/mol. The fourth-order valence-corrected chi connectivity index (χ4v) is 2.43. The molecular weight excluding hydrogens is 325 g/mol. The number of nitrogens with zero attached hydrogens (tertiary/aromatic N) is 1. The van der Waals surface area contributed by atoms with E-state index in [0.29, 0.717) is 12.3 Å². The van der Waals surface area contributed by atoms with Crippen molar-refractivity contribution in [2.24, 2.45) is 10.7 Å². The Hall–Kier alpha value is -3.09. The summed E-state index contributed by atoms with van der Waals surface area (Å²) >= 11 is 0. The lowest BCUT2D eigenvalue weighted by Crippen LogP contribution is -2.16. The molecule has 1 amide bonds. The third kappa shape index (κ3) is 4.94. The first kappa shape index (κ1) is 16.8. The molecule has 0 aliphatic carbocycles. The van der Waals surface area contributed by atoms with Gasteiger partial charge in [-0.15, -0.1) is 0 Å². The zero-order chi connectivity index (χ0) is 17.6. The summed E-state index contributed by atoms with van der Waals surface area (Å²) in [5, 5.41) is 2.62. The van der Waals surface area contributed by atoms with Crippen molar-refractivity contribution in [3.05, 3.63) is 59.9 Å². The van der Waals surface area contributed by atoms with Crippen molar-refractivity contribution < 1.29 is 18.7 Å². The summed E-state index contributed by atoms with van der Waals surface area (Å²) in [5.74, 6) is -0.116. The summed E-state index contributed by atoms with van der Waals surface area (Å²) in [4.78, 5) is 16.0. The SMILES string of the molecule is NC1=NC(CCc2ccc(NC(=O)Oc3ccc(F)cc3)cc2)CO1. The van der Waals surface area contributed by atoms with E-state index >= 15 is 0 Å². The Labute approximate surface area is 144 Å². The molecule has 2 aromatic rings. The molecule has 6 nitrogen and oxygen atoms in total. The number of hydrogen-bond donors (Lipinski definition) is 2. The number of amidine groups is 1. The van der Waals surface area contributed by atoms with Gasteiger partial charge in [-0.25, -0.2) is 14.2 Å². The van der Waals surface area contributed by atoms with Gasteiger partial charge in [-0.05, 0) is 54.8 Å². The quantitative estimate of drug-likeness (QED) is 0.873. The van der Waals surface area contributed by atoms with Gasteiger partial charge in [0, 0.05) is 5.69 Å². The molecule has 3 rings (SSSR count). The van der Waals surface area contributed by atoms with Crippen LogP contribution in [0.4, 0.5) is 14.9 Å². The van der Waals surface area contributed by atoms with E-state index in [1.165, 1.54) is 24.3 Å². The van der Waals surface area contributed by atoms with E-state index in [1.54, 1.807) is 12.1 Å². The predicted octanol–water partition coefficient (Wildman–Crippen LogP) is 3.08. The summed E-state index contributed by atoms with van der Waals surface area (Å²) in [6.07, 6.45) is 1.05. The van der Waals surface area contributed by atoms with Crippen LogP contribution in [0, 0.1) is 5.82 Å². The minimum absolute atomic E-state index is 0.100. The van der Waals surface area contributed by atoms with Gasteiger partial charge in [-0.3, -0.25) is 5.32 Å². The molecule has 0 aromatic heterocycles. The fourth-order valence-electron chi connectivity index (χ4n) is 2.43. The lowest BCUT2D eigenvalue weighted by atomic mass is 10.1. The van der Waals surface area contributed by atoms with Crippen molar-refractivity contribution in [3.63, 3.8) is 0 Å². The third-order valence-corrected chi connectivity index (χ3v) is 3.72. The number of anilines is 1. The van der Waals surface area contributed by atoms with Crippen LogP contribution < -0.4 is 15.8 Å². The molecule has 1 atom stereocenters. The highest BCUT2D eigenvalue weighted by Gasteiger charge is 2.16. The number of hydrogen-bond acceptors (Lipinski definition) is 5. The van der Waals surface area contributed by atoms with Crippen LogP contribution in [0.15, 0.2) is 53.5 Å². The van der Waals surface area contributed by atoms with Crippen LogP contribution in [0.3, 0.4) is 0 Å². The molecular formula is C18H18FN3O3. The van der Waals surface area contributed by atoms with Crippen LogP contribution in [0.1, 0.15) is 12.0 Å². The molecule has 130 valence electrons. The Morgan fingerprint density at radius 1 is 1.24 bits per heavy atom. The molecule has 2 aromatic carbocycles. The van der Waals surface area contributed by atoms with Crippen LogP contribution >= 0.6 is 0 Å². The van der Waals surface area contributed by atoms with Gasteiger partial charge in [0.2, 0.25) is 0 Å². The van der Waals surface area contributed by atoms with Gasteiger partial charge >= 0.3 is 6.09 Å². The number of aryl methyl sites for hydroxylation is 1. The van der Waals surface area contributed by atoms with Gasteiger partial charge in [0.05, 0.1) is 6.04 Å². The molecule has 1 aliphatic heterocycles. The summed E-state index contributed by atoms with van der Waals surface area (Å²) in [5.41, 5.74) is 7.22. The second kappa shape index (κ2) is 7.65. The second-order valence-corrected chi connectivity index (χ2v) is 5.64. The molecule has 0 radical (unpaired) electrons. The summed E-state index contributed by atoms with van der Waals surface area (Å²) in [6, 6.07) is 13.0. The highest BCUT2D eigenvalue weighted by Crippen LogP contribution is 2.16. The number of nitrogens with one attached hydrogen (secondary N) is 1. The first-order valence-electron chi connectivity index (χ1n) is 7.88. The standard InChI is InChI=1S/C18H18FN3O3/c19-13-4-9-16(10-5-13)25-18(23)22-14-6-1-12(2-7-14)3-8-15-11-24-17(20)21-15/h1-2,4-7,9-10,15H,3,8,11H2,(H2,20,21)(H,22,23). The largest absolute Gasteiger partial charge is 0.463 e. The van der Waals surface area contributed by atoms with Gasteiger partial charge in [0.15, 0.2) is 0 Å². The molecule has 3 N–H and O–H groups in total. The minimum Gasteiger partial charge on any atom is -0.463 e. The highest BCUT2D eigenvalue weighted by atomic mass is 19.1. The number of carbonyl (C=O) groups is 1. The number of nitrogens with two attached hydrogens (primary N) is 1. The average Bonchev–Trinajstić information content (AvgIpc) is 3.02. The van der Waals surface area contributed by atoms with Gasteiger partial charge in [-0.2, -0.15) is 0 Å². The molecule has 7 heteroatoms. The Balaban J connectivity index is 1.48. The van der Waals surface area contributed by atoms with Crippen molar-refractivity contribution in [1.82, 2.24) is 0 Å². The summed E-state index contributed by atoms with van der Waals surface area (Å²) < 4.78 is 23.0. The summed E-state index contributed by atoms with van der Waals surface area (Å²) in [6.45, 7) is 0.528. The molecule has 25 heavy (non-hydrogen) atoms. The molecule has 1 unspecified atom stereocenters. The number of carbonyl (C=O) groups excluding carboxylic acids is 1. The first-order valence-corrected chi connectivity index (χ1v) is 7.88. The molecule has 0 bridgehead atoms. The maximum atomic E-state index is 12.8. The molecule has 0 fully saturated rings. The maximum Gasteiger partial charge on any atom is 0.417 e. The topological polar surface area (TPSA) is 85.9 Å². The third-order valence-electron chi connectivity index (χ3n) is 3.72. The van der Waals surface area contributed by atoms with Crippen molar-refractivity contribution in [3.8, 4) is 5.75 Å². The van der Waals surface area contributed by atoms with E-state index in [9.17, 15) is 9.18 Å². The number of aliphatic imine (C=N–C) groups is 1. The molecule has 1 aliphatic rings. The number of ether oxygens (including phenoxy) is 2. The van der Waals surface area contributed by atoms with E-state index in [4.69, 9.17) is 15.2 Å². The van der Waals surface area contributed by atoms with Gasteiger partial charge in [-0.1, -0.05) is 12.1 Å². The zero-order valence-electron chi connectivity index (χ0n) is 13.4. The number of amides is 1. The van der Waals surface area contributed by atoms with E-state index < -0.39 is 6.09 Å². The molecule has 1 heterocycles. The van der Waals surface area contributed by atoms with E-state index in [0.717, 1.165) is 18.4 Å². The Morgan fingerprint density at radius 2 is 1.96 bits per heavy atom. The lowest BCUT2D eigenvalue weighted by Gasteiger charge is -2.08. The Kier molecular flexibility index (Phi) is 5.13. The minimum atomic E-state index is -0.632. The van der Waals surface area contributed by atoms with Gasteiger partial charge in [0.25, 0.3) is 6.02 Å². The van der Waals surface area contributed by atoms with Crippen molar-refractivity contribution >= 4 is 17.8 Å². The second-order valence-electron chi connectivity index (χ2n) is 5.64. The molecule has 0 saturated carbocycles. The van der Waals surface area contributed by atoms with Crippen LogP contribution in [-0.2, 0) is 11.2 Å². The summed E-state index contributed by atoms with van der Waals surface area (Å²) in [7, 11) is 0. The van der Waals surface area contributed by atoms with Crippen LogP contribution in [-0.4, -0.2) is 24.8 Å². The fraction of sp³-hybridized carbons (Fsp3) is 0.222. The Bertz CT molecular complexity index is 760. The predicted molar refractivity (Wildman–Crippen MR) is 92.2 cm³/mol. The van der Waals surface area contributed by atoms with Crippen LogP contribution in [0.2, 0.25) is 0 Å².